The Morgan fingerprint density at radius 2 is 1.93 bits per heavy atom. The number of methoxy groups -OCH3 is 1. The highest BCUT2D eigenvalue weighted by atomic mass is 16.5. The van der Waals surface area contributed by atoms with Gasteiger partial charge in [0.05, 0.1) is 19.2 Å². The van der Waals surface area contributed by atoms with Crippen molar-refractivity contribution in [2.75, 3.05) is 19.0 Å². The van der Waals surface area contributed by atoms with Gasteiger partial charge >= 0.3 is 0 Å². The van der Waals surface area contributed by atoms with Crippen molar-refractivity contribution in [1.29, 1.82) is 0 Å². The van der Waals surface area contributed by atoms with E-state index in [2.05, 4.69) is 20.3 Å². The molecule has 0 atom stereocenters. The molecular weight excluding hydrogens is 366 g/mol. The minimum Gasteiger partial charge on any atom is -0.493 e. The number of aromatic nitrogens is 2. The van der Waals surface area contributed by atoms with E-state index in [0.717, 1.165) is 27.7 Å². The van der Waals surface area contributed by atoms with Gasteiger partial charge in [-0.2, -0.15) is 4.99 Å². The topological polar surface area (TPSA) is 94.7 Å². The molecule has 1 aromatic heterocycles. The Labute approximate surface area is 170 Å². The molecule has 0 bridgehead atoms. The van der Waals surface area contributed by atoms with Crippen molar-refractivity contribution >= 4 is 28.4 Å². The number of anilines is 1. The van der Waals surface area contributed by atoms with E-state index in [1.54, 1.807) is 7.11 Å². The Hall–Kier alpha value is -3.35. The molecule has 7 heteroatoms. The molecule has 4 rings (SSSR count). The summed E-state index contributed by atoms with van der Waals surface area (Å²) in [5.41, 5.74) is 10.0. The number of aliphatic imine (C=N–C) groups is 1. The standard InChI is InChI=1S/C22H25N5O2/c1-13-5-4-6-14(2)20(13)26-22(23)27-21-16-9-18(28-3)19(29-11-15-7-8-15)10-17(16)24-12-25-21/h4-6,9-10,12,15H,7-8,11H2,1-3H3,(H3,23,24,25,26,27). The highest BCUT2D eigenvalue weighted by Crippen LogP contribution is 2.37. The molecule has 1 aliphatic carbocycles. The number of benzene rings is 2. The van der Waals surface area contributed by atoms with Crippen LogP contribution in [0.2, 0.25) is 0 Å². The van der Waals surface area contributed by atoms with Gasteiger partial charge in [-0.1, -0.05) is 18.2 Å². The lowest BCUT2D eigenvalue weighted by molar-refractivity contribution is 0.281. The Bertz CT molecular complexity index is 1060. The minimum atomic E-state index is 0.260. The average Bonchev–Trinajstić information content (AvgIpc) is 3.53. The van der Waals surface area contributed by atoms with Crippen LogP contribution in [0.1, 0.15) is 24.0 Å². The Balaban J connectivity index is 1.66. The molecule has 2 aromatic carbocycles. The van der Waals surface area contributed by atoms with Crippen LogP contribution >= 0.6 is 0 Å². The summed E-state index contributed by atoms with van der Waals surface area (Å²) in [5, 5.41) is 3.93. The van der Waals surface area contributed by atoms with Gasteiger partial charge in [0, 0.05) is 17.1 Å². The Kier molecular flexibility index (Phi) is 5.20. The van der Waals surface area contributed by atoms with Gasteiger partial charge in [-0.3, -0.25) is 0 Å². The lowest BCUT2D eigenvalue weighted by Crippen LogP contribution is -2.23. The minimum absolute atomic E-state index is 0.260. The number of aryl methyl sites for hydroxylation is 2. The number of para-hydroxylation sites is 1. The van der Waals surface area contributed by atoms with Gasteiger partial charge in [0.1, 0.15) is 6.33 Å². The third-order valence-electron chi connectivity index (χ3n) is 5.03. The van der Waals surface area contributed by atoms with E-state index in [1.807, 2.05) is 44.2 Å². The molecule has 150 valence electrons. The molecule has 0 amide bonds. The van der Waals surface area contributed by atoms with Crippen LogP contribution < -0.4 is 20.5 Å². The molecule has 0 saturated heterocycles. The summed E-state index contributed by atoms with van der Waals surface area (Å²) in [4.78, 5) is 13.2. The molecule has 3 N–H and O–H groups in total. The van der Waals surface area contributed by atoms with Crippen molar-refractivity contribution in [2.45, 2.75) is 26.7 Å². The van der Waals surface area contributed by atoms with Crippen LogP contribution in [0.3, 0.4) is 0 Å². The summed E-state index contributed by atoms with van der Waals surface area (Å²) in [6.07, 6.45) is 3.93. The molecule has 0 aliphatic heterocycles. The fourth-order valence-corrected chi connectivity index (χ4v) is 3.19. The first-order valence-corrected chi connectivity index (χ1v) is 9.68. The van der Waals surface area contributed by atoms with Gasteiger partial charge in [0.2, 0.25) is 0 Å². The van der Waals surface area contributed by atoms with Gasteiger partial charge < -0.3 is 20.5 Å². The first-order chi connectivity index (χ1) is 14.0. The van der Waals surface area contributed by atoms with E-state index in [9.17, 15) is 0 Å². The zero-order valence-electron chi connectivity index (χ0n) is 16.9. The molecule has 1 saturated carbocycles. The predicted octanol–water partition coefficient (Wildman–Crippen LogP) is 4.10. The van der Waals surface area contributed by atoms with Crippen LogP contribution in [0, 0.1) is 19.8 Å². The van der Waals surface area contributed by atoms with Crippen LogP contribution in [0.15, 0.2) is 41.7 Å². The number of ether oxygens (including phenoxy) is 2. The monoisotopic (exact) mass is 391 g/mol. The number of rotatable bonds is 6. The van der Waals surface area contributed by atoms with E-state index in [-0.39, 0.29) is 5.96 Å². The summed E-state index contributed by atoms with van der Waals surface area (Å²) in [5.74, 6) is 2.69. The molecule has 1 aliphatic rings. The van der Waals surface area contributed by atoms with Crippen molar-refractivity contribution < 1.29 is 9.47 Å². The summed E-state index contributed by atoms with van der Waals surface area (Å²) in [7, 11) is 1.62. The third-order valence-corrected chi connectivity index (χ3v) is 5.03. The molecule has 7 nitrogen and oxygen atoms in total. The number of guanidine groups is 1. The number of fused-ring (bicyclic) bond motifs is 1. The number of hydrogen-bond donors (Lipinski definition) is 2. The summed E-state index contributed by atoms with van der Waals surface area (Å²) in [6, 6.07) is 9.78. The highest BCUT2D eigenvalue weighted by Gasteiger charge is 2.23. The number of nitrogens with one attached hydrogen (secondary N) is 1. The van der Waals surface area contributed by atoms with Crippen molar-refractivity contribution in [3.63, 3.8) is 0 Å². The Morgan fingerprint density at radius 3 is 2.62 bits per heavy atom. The molecule has 1 heterocycles. The summed E-state index contributed by atoms with van der Waals surface area (Å²) < 4.78 is 11.4. The van der Waals surface area contributed by atoms with Gasteiger partial charge in [0.25, 0.3) is 0 Å². The van der Waals surface area contributed by atoms with Crippen LogP contribution in [0.25, 0.3) is 10.9 Å². The van der Waals surface area contributed by atoms with Gasteiger partial charge in [-0.15, -0.1) is 0 Å². The van der Waals surface area contributed by atoms with Gasteiger partial charge in [-0.05, 0) is 49.8 Å². The highest BCUT2D eigenvalue weighted by molar-refractivity contribution is 5.98. The first-order valence-electron chi connectivity index (χ1n) is 9.68. The van der Waals surface area contributed by atoms with Crippen LogP contribution in [0.5, 0.6) is 11.5 Å². The first kappa shape index (κ1) is 19.0. The average molecular weight is 391 g/mol. The fourth-order valence-electron chi connectivity index (χ4n) is 3.19. The maximum Gasteiger partial charge on any atom is 0.199 e. The van der Waals surface area contributed by atoms with E-state index < -0.39 is 0 Å². The second-order valence-corrected chi connectivity index (χ2v) is 7.36. The molecule has 0 spiro atoms. The molecule has 29 heavy (non-hydrogen) atoms. The zero-order chi connectivity index (χ0) is 20.4. The maximum absolute atomic E-state index is 6.18. The fraction of sp³-hybridized carbons (Fsp3) is 0.318. The van der Waals surface area contributed by atoms with Crippen LogP contribution in [-0.4, -0.2) is 29.6 Å². The van der Waals surface area contributed by atoms with E-state index in [4.69, 9.17) is 15.2 Å². The number of hydrogen-bond acceptors (Lipinski definition) is 5. The van der Waals surface area contributed by atoms with Crippen LogP contribution in [0.4, 0.5) is 11.5 Å². The SMILES string of the molecule is COc1cc2c(N=C(N)Nc3c(C)cccc3C)ncnc2cc1OCC1CC1. The van der Waals surface area contributed by atoms with E-state index in [0.29, 0.717) is 29.8 Å². The quantitative estimate of drug-likeness (QED) is 0.485. The van der Waals surface area contributed by atoms with E-state index >= 15 is 0 Å². The number of nitrogens with two attached hydrogens (primary N) is 1. The summed E-state index contributed by atoms with van der Waals surface area (Å²) >= 11 is 0. The van der Waals surface area contributed by atoms with E-state index in [1.165, 1.54) is 19.2 Å². The smallest absolute Gasteiger partial charge is 0.199 e. The zero-order valence-corrected chi connectivity index (χ0v) is 16.9. The van der Waals surface area contributed by atoms with Crippen molar-refractivity contribution in [3.05, 3.63) is 47.8 Å². The van der Waals surface area contributed by atoms with Crippen molar-refractivity contribution in [1.82, 2.24) is 9.97 Å². The largest absolute Gasteiger partial charge is 0.493 e. The lowest BCUT2D eigenvalue weighted by Gasteiger charge is -2.13. The predicted molar refractivity (Wildman–Crippen MR) is 115 cm³/mol. The number of nitrogens with zero attached hydrogens (tertiary/aromatic N) is 3. The maximum atomic E-state index is 6.18. The molecule has 3 aromatic rings. The second-order valence-electron chi connectivity index (χ2n) is 7.36. The second kappa shape index (κ2) is 7.95. The molecule has 0 unspecified atom stereocenters. The molecule has 1 fully saturated rings. The summed E-state index contributed by atoms with van der Waals surface area (Å²) in [6.45, 7) is 4.75. The van der Waals surface area contributed by atoms with Crippen LogP contribution in [-0.2, 0) is 0 Å². The normalized spacial score (nSPS) is 14.1. The Morgan fingerprint density at radius 1 is 1.17 bits per heavy atom. The lowest BCUT2D eigenvalue weighted by atomic mass is 10.1. The van der Waals surface area contributed by atoms with Gasteiger partial charge in [0.15, 0.2) is 23.3 Å². The van der Waals surface area contributed by atoms with Crippen molar-refractivity contribution in [3.8, 4) is 11.5 Å². The molecule has 0 radical (unpaired) electrons. The third kappa shape index (κ3) is 4.23. The molecular formula is C22H25N5O2. The van der Waals surface area contributed by atoms with Crippen molar-refractivity contribution in [2.24, 2.45) is 16.6 Å². The van der Waals surface area contributed by atoms with Gasteiger partial charge in [-0.25, -0.2) is 9.97 Å².